The molecule has 0 aromatic heterocycles. The Labute approximate surface area is 64.1 Å². The predicted octanol–water partition coefficient (Wildman–Crippen LogP) is 3.13. The average Bonchev–Trinajstić information content (AvgIpc) is 2.33. The fraction of sp³-hybridized carbons (Fsp3) is 0. The first kappa shape index (κ1) is 6.09. The minimum Gasteiger partial charge on any atom is -0.0609 e. The van der Waals surface area contributed by atoms with Gasteiger partial charge in [0.15, 0.2) is 0 Å². The summed E-state index contributed by atoms with van der Waals surface area (Å²) < 4.78 is 0. The van der Waals surface area contributed by atoms with Gasteiger partial charge in [-0.1, -0.05) is 12.1 Å². The lowest BCUT2D eigenvalue weighted by Gasteiger charge is -1.86. The van der Waals surface area contributed by atoms with Crippen LogP contribution in [0.1, 0.15) is 0 Å². The fourth-order valence-corrected chi connectivity index (χ4v) is 6.81. The third-order valence-corrected chi connectivity index (χ3v) is 6.57. The first-order valence-electron chi connectivity index (χ1n) is 2.71. The van der Waals surface area contributed by atoms with Crippen molar-refractivity contribution in [2.24, 2.45) is 0 Å². The molecule has 0 amide bonds. The van der Waals surface area contributed by atoms with Crippen LogP contribution < -0.4 is 0 Å². The Morgan fingerprint density at radius 2 is 1.56 bits per heavy atom. The molecule has 1 aromatic carbocycles. The zero-order valence-corrected chi connectivity index (χ0v) is 7.49. The van der Waals surface area contributed by atoms with Crippen LogP contribution in [0.5, 0.6) is 0 Å². The van der Waals surface area contributed by atoms with Crippen LogP contribution in [0.2, 0.25) is 0 Å². The summed E-state index contributed by atoms with van der Waals surface area (Å²) in [4.78, 5) is 2.97. The van der Waals surface area contributed by atoms with E-state index < -0.39 is 0 Å². The molecule has 0 saturated carbocycles. The maximum absolute atomic E-state index is 2.20. The Morgan fingerprint density at radius 3 is 2.11 bits per heavy atom. The summed E-state index contributed by atoms with van der Waals surface area (Å²) in [6, 6.07) is 8.62. The number of benzene rings is 1. The predicted molar refractivity (Wildman–Crippen MR) is 47.9 cm³/mol. The van der Waals surface area contributed by atoms with Gasteiger partial charge in [-0.2, -0.15) is 0 Å². The van der Waals surface area contributed by atoms with Crippen LogP contribution in [0.25, 0.3) is 0 Å². The second-order valence-corrected chi connectivity index (χ2v) is 7.05. The highest BCUT2D eigenvalue weighted by Crippen LogP contribution is 2.60. The molecule has 0 radical (unpaired) electrons. The Balaban J connectivity index is 2.54. The van der Waals surface area contributed by atoms with E-state index in [9.17, 15) is 0 Å². The molecule has 1 aromatic rings. The molecule has 0 fully saturated rings. The molecular weight excluding hydrogens is 167 g/mol. The minimum absolute atomic E-state index is 0.551. The standard InChI is InChI=1S/C6H5PS2/c1-2-4-6-5(3-1)8-7-9-6/h1-4,7H/p+1. The number of hydrogen-bond acceptors (Lipinski definition) is 2. The fourth-order valence-electron chi connectivity index (χ4n) is 0.773. The van der Waals surface area contributed by atoms with Crippen molar-refractivity contribution in [1.82, 2.24) is 0 Å². The number of rotatable bonds is 0. The van der Waals surface area contributed by atoms with E-state index in [-0.39, 0.29) is 0 Å². The quantitative estimate of drug-likeness (QED) is 0.553. The molecule has 9 heavy (non-hydrogen) atoms. The smallest absolute Gasteiger partial charge is 0.0609 e. The van der Waals surface area contributed by atoms with Crippen LogP contribution in [-0.2, 0) is 0 Å². The Bertz CT molecular complexity index is 201. The minimum atomic E-state index is 0.551. The van der Waals surface area contributed by atoms with Crippen molar-refractivity contribution in [3.8, 4) is 0 Å². The third-order valence-electron chi connectivity index (χ3n) is 1.20. The lowest BCUT2D eigenvalue weighted by molar-refractivity contribution is 1.27. The molecule has 0 atom stereocenters. The molecular formula is C6H6PS2+. The summed E-state index contributed by atoms with van der Waals surface area (Å²) in [5.41, 5.74) is 0. The van der Waals surface area contributed by atoms with Gasteiger partial charge in [-0.25, -0.2) is 0 Å². The van der Waals surface area contributed by atoms with Gasteiger partial charge in [-0.15, -0.1) is 0 Å². The van der Waals surface area contributed by atoms with Crippen molar-refractivity contribution in [2.45, 2.75) is 9.79 Å². The molecule has 0 unspecified atom stereocenters. The first-order valence-corrected chi connectivity index (χ1v) is 7.29. The number of fused-ring (bicyclic) bond motifs is 1. The molecule has 1 aliphatic heterocycles. The lowest BCUT2D eigenvalue weighted by Crippen LogP contribution is -1.65. The maximum Gasteiger partial charge on any atom is 0.118 e. The molecule has 0 N–H and O–H groups in total. The molecule has 0 bridgehead atoms. The average molecular weight is 173 g/mol. The lowest BCUT2D eigenvalue weighted by atomic mass is 10.4. The van der Waals surface area contributed by atoms with Crippen molar-refractivity contribution in [1.29, 1.82) is 0 Å². The Hall–Kier alpha value is 0.350. The highest BCUT2D eigenvalue weighted by Gasteiger charge is 2.16. The van der Waals surface area contributed by atoms with Crippen molar-refractivity contribution < 1.29 is 0 Å². The SMILES string of the molecule is c1ccc2c(c1)S[PH2+]S2. The van der Waals surface area contributed by atoms with E-state index in [4.69, 9.17) is 0 Å². The van der Waals surface area contributed by atoms with Gasteiger partial charge in [-0.3, -0.25) is 0 Å². The van der Waals surface area contributed by atoms with Gasteiger partial charge >= 0.3 is 0 Å². The normalized spacial score (nSPS) is 15.6. The molecule has 1 heterocycles. The number of hydrogen-bond donors (Lipinski definition) is 0. The van der Waals surface area contributed by atoms with E-state index in [1.54, 1.807) is 0 Å². The van der Waals surface area contributed by atoms with E-state index in [1.807, 2.05) is 22.8 Å². The van der Waals surface area contributed by atoms with Gasteiger partial charge in [0.1, 0.15) is 6.98 Å². The molecule has 1 aliphatic rings. The second kappa shape index (κ2) is 2.53. The largest absolute Gasteiger partial charge is 0.118 e. The van der Waals surface area contributed by atoms with Crippen LogP contribution in [-0.4, -0.2) is 0 Å². The van der Waals surface area contributed by atoms with Crippen molar-refractivity contribution in [2.75, 3.05) is 0 Å². The highest BCUT2D eigenvalue weighted by molar-refractivity contribution is 8.83. The van der Waals surface area contributed by atoms with E-state index >= 15 is 0 Å². The van der Waals surface area contributed by atoms with Crippen LogP contribution in [0.15, 0.2) is 34.1 Å². The van der Waals surface area contributed by atoms with Gasteiger partial charge in [0, 0.05) is 0 Å². The van der Waals surface area contributed by atoms with Crippen molar-refractivity contribution in [3.63, 3.8) is 0 Å². The molecule has 0 saturated heterocycles. The summed E-state index contributed by atoms with van der Waals surface area (Å²) >= 11 is 4.03. The van der Waals surface area contributed by atoms with E-state index in [0.29, 0.717) is 6.98 Å². The molecule has 0 nitrogen and oxygen atoms in total. The van der Waals surface area contributed by atoms with Gasteiger partial charge in [0.25, 0.3) is 0 Å². The van der Waals surface area contributed by atoms with Crippen LogP contribution in [0.4, 0.5) is 0 Å². The van der Waals surface area contributed by atoms with E-state index in [2.05, 4.69) is 24.3 Å². The van der Waals surface area contributed by atoms with Gasteiger partial charge in [-0.05, 0) is 12.1 Å². The van der Waals surface area contributed by atoms with Gasteiger partial charge in [0.05, 0.1) is 32.6 Å². The zero-order valence-electron chi connectivity index (χ0n) is 4.70. The van der Waals surface area contributed by atoms with Crippen LogP contribution in [0, 0.1) is 0 Å². The second-order valence-electron chi connectivity index (χ2n) is 1.78. The third kappa shape index (κ3) is 1.12. The molecule has 3 heteroatoms. The summed E-state index contributed by atoms with van der Waals surface area (Å²) in [5.74, 6) is 0. The van der Waals surface area contributed by atoms with E-state index in [0.717, 1.165) is 0 Å². The van der Waals surface area contributed by atoms with E-state index in [1.165, 1.54) is 9.79 Å². The topological polar surface area (TPSA) is 0 Å². The van der Waals surface area contributed by atoms with Gasteiger partial charge < -0.3 is 0 Å². The summed E-state index contributed by atoms with van der Waals surface area (Å²) in [5, 5.41) is 0. The Morgan fingerprint density at radius 1 is 1.00 bits per heavy atom. The Kier molecular flexibility index (Phi) is 1.71. The summed E-state index contributed by atoms with van der Waals surface area (Å²) in [6.07, 6.45) is 0. The molecule has 46 valence electrons. The summed E-state index contributed by atoms with van der Waals surface area (Å²) in [6.45, 7) is 0.551. The first-order chi connectivity index (χ1) is 4.47. The van der Waals surface area contributed by atoms with Crippen LogP contribution in [0.3, 0.4) is 0 Å². The molecule has 0 spiro atoms. The zero-order chi connectivity index (χ0) is 6.10. The summed E-state index contributed by atoms with van der Waals surface area (Å²) in [7, 11) is 0. The molecule has 0 aliphatic carbocycles. The molecule has 2 rings (SSSR count). The maximum atomic E-state index is 2.20. The van der Waals surface area contributed by atoms with Crippen molar-refractivity contribution >= 4 is 29.7 Å². The van der Waals surface area contributed by atoms with Crippen LogP contribution >= 0.6 is 29.7 Å². The van der Waals surface area contributed by atoms with Gasteiger partial charge in [0.2, 0.25) is 0 Å². The highest BCUT2D eigenvalue weighted by atomic mass is 33.1. The van der Waals surface area contributed by atoms with Crippen molar-refractivity contribution in [3.05, 3.63) is 24.3 Å². The monoisotopic (exact) mass is 173 g/mol.